The van der Waals surface area contributed by atoms with Crippen molar-refractivity contribution in [3.05, 3.63) is 66.5 Å². The molecular formula is C17H13O2. The molecule has 0 N–H and O–H groups in total. The van der Waals surface area contributed by atoms with Gasteiger partial charge in [-0.1, -0.05) is 42.5 Å². The highest BCUT2D eigenvalue weighted by atomic mass is 16.7. The van der Waals surface area contributed by atoms with Gasteiger partial charge in [0.15, 0.2) is 0 Å². The molecule has 1 aliphatic heterocycles. The summed E-state index contributed by atoms with van der Waals surface area (Å²) in [5, 5.41) is 4.88. The number of hydrogen-bond acceptors (Lipinski definition) is 2. The van der Waals surface area contributed by atoms with E-state index in [1.54, 1.807) is 0 Å². The van der Waals surface area contributed by atoms with Crippen LogP contribution >= 0.6 is 0 Å². The summed E-state index contributed by atoms with van der Waals surface area (Å²) in [6.45, 7) is 1.28. The Bertz CT molecular complexity index is 742. The molecule has 0 unspecified atom stereocenters. The first-order chi connectivity index (χ1) is 9.42. The molecular weight excluding hydrogens is 236 g/mol. The molecule has 1 saturated heterocycles. The molecule has 0 bridgehead atoms. The molecule has 0 atom stereocenters. The van der Waals surface area contributed by atoms with Gasteiger partial charge in [0.25, 0.3) is 6.29 Å². The van der Waals surface area contributed by atoms with Gasteiger partial charge in [-0.2, -0.15) is 0 Å². The lowest BCUT2D eigenvalue weighted by atomic mass is 9.99. The van der Waals surface area contributed by atoms with E-state index < -0.39 is 0 Å². The van der Waals surface area contributed by atoms with E-state index in [1.165, 1.54) is 21.5 Å². The summed E-state index contributed by atoms with van der Waals surface area (Å²) in [5.41, 5.74) is 1.04. The third kappa shape index (κ3) is 1.81. The van der Waals surface area contributed by atoms with Crippen LogP contribution in [0.4, 0.5) is 0 Å². The van der Waals surface area contributed by atoms with E-state index in [0.29, 0.717) is 19.5 Å². The molecule has 1 aliphatic rings. The number of benzene rings is 3. The summed E-state index contributed by atoms with van der Waals surface area (Å²) >= 11 is 0. The average Bonchev–Trinajstić information content (AvgIpc) is 2.98. The zero-order valence-corrected chi connectivity index (χ0v) is 10.4. The van der Waals surface area contributed by atoms with Crippen molar-refractivity contribution in [2.45, 2.75) is 0 Å². The monoisotopic (exact) mass is 249 g/mol. The molecule has 2 nitrogen and oxygen atoms in total. The van der Waals surface area contributed by atoms with Crippen molar-refractivity contribution in [1.82, 2.24) is 0 Å². The zero-order chi connectivity index (χ0) is 12.7. The number of rotatable bonds is 1. The van der Waals surface area contributed by atoms with Crippen LogP contribution in [-0.4, -0.2) is 13.2 Å². The molecule has 19 heavy (non-hydrogen) atoms. The number of ether oxygens (including phenoxy) is 2. The third-order valence-corrected chi connectivity index (χ3v) is 3.52. The van der Waals surface area contributed by atoms with Crippen LogP contribution in [0.3, 0.4) is 0 Å². The van der Waals surface area contributed by atoms with Gasteiger partial charge in [-0.05, 0) is 33.7 Å². The first-order valence-corrected chi connectivity index (χ1v) is 6.46. The van der Waals surface area contributed by atoms with E-state index in [2.05, 4.69) is 48.5 Å². The second kappa shape index (κ2) is 4.34. The SMILES string of the molecule is c1ccc2cc3c([C]4OCCO4)cccc3cc2c1. The van der Waals surface area contributed by atoms with E-state index >= 15 is 0 Å². The molecule has 0 spiro atoms. The molecule has 0 amide bonds. The summed E-state index contributed by atoms with van der Waals surface area (Å²) in [5.74, 6) is 0. The average molecular weight is 249 g/mol. The highest BCUT2D eigenvalue weighted by Crippen LogP contribution is 2.31. The molecule has 2 heteroatoms. The van der Waals surface area contributed by atoms with Crippen molar-refractivity contribution < 1.29 is 9.47 Å². The van der Waals surface area contributed by atoms with Crippen molar-refractivity contribution in [3.63, 3.8) is 0 Å². The van der Waals surface area contributed by atoms with E-state index in [1.807, 2.05) is 6.07 Å². The first-order valence-electron chi connectivity index (χ1n) is 6.46. The molecule has 4 rings (SSSR count). The molecule has 1 fully saturated rings. The number of hydrogen-bond donors (Lipinski definition) is 0. The summed E-state index contributed by atoms with van der Waals surface area (Å²) in [4.78, 5) is 0. The highest BCUT2D eigenvalue weighted by molar-refractivity contribution is 6.00. The molecule has 1 radical (unpaired) electrons. The van der Waals surface area contributed by atoms with E-state index in [9.17, 15) is 0 Å². The van der Waals surface area contributed by atoms with Gasteiger partial charge >= 0.3 is 0 Å². The van der Waals surface area contributed by atoms with Crippen molar-refractivity contribution in [2.75, 3.05) is 13.2 Å². The van der Waals surface area contributed by atoms with Gasteiger partial charge < -0.3 is 9.47 Å². The Morgan fingerprint density at radius 3 is 2.16 bits per heavy atom. The molecule has 3 aromatic carbocycles. The predicted molar refractivity (Wildman–Crippen MR) is 75.7 cm³/mol. The van der Waals surface area contributed by atoms with E-state index in [-0.39, 0.29) is 0 Å². The van der Waals surface area contributed by atoms with Gasteiger partial charge in [0, 0.05) is 5.56 Å². The molecule has 93 valence electrons. The number of fused-ring (bicyclic) bond motifs is 2. The van der Waals surface area contributed by atoms with Gasteiger partial charge in [-0.25, -0.2) is 0 Å². The van der Waals surface area contributed by atoms with Crippen molar-refractivity contribution in [2.24, 2.45) is 0 Å². The lowest BCUT2D eigenvalue weighted by molar-refractivity contribution is 0.101. The summed E-state index contributed by atoms with van der Waals surface area (Å²) in [7, 11) is 0. The van der Waals surface area contributed by atoms with Crippen LogP contribution in [0, 0.1) is 6.29 Å². The minimum atomic E-state index is 0.638. The third-order valence-electron chi connectivity index (χ3n) is 3.52. The quantitative estimate of drug-likeness (QED) is 0.609. The van der Waals surface area contributed by atoms with Gasteiger partial charge in [-0.15, -0.1) is 0 Å². The second-order valence-electron chi connectivity index (χ2n) is 4.71. The zero-order valence-electron chi connectivity index (χ0n) is 10.4. The van der Waals surface area contributed by atoms with Crippen molar-refractivity contribution >= 4 is 21.5 Å². The molecule has 0 aromatic heterocycles. The Labute approximate surface area is 111 Å². The Hall–Kier alpha value is -1.90. The van der Waals surface area contributed by atoms with Gasteiger partial charge in [0.1, 0.15) is 0 Å². The Kier molecular flexibility index (Phi) is 2.50. The summed E-state index contributed by atoms with van der Waals surface area (Å²) < 4.78 is 11.1. The second-order valence-corrected chi connectivity index (χ2v) is 4.71. The highest BCUT2D eigenvalue weighted by Gasteiger charge is 2.22. The maximum Gasteiger partial charge on any atom is 0.256 e. The summed E-state index contributed by atoms with van der Waals surface area (Å²) in [6, 6.07) is 19.0. The van der Waals surface area contributed by atoms with Crippen LogP contribution < -0.4 is 0 Å². The topological polar surface area (TPSA) is 18.5 Å². The minimum absolute atomic E-state index is 0.638. The lowest BCUT2D eigenvalue weighted by Gasteiger charge is -2.11. The van der Waals surface area contributed by atoms with Crippen LogP contribution in [0.2, 0.25) is 0 Å². The van der Waals surface area contributed by atoms with Gasteiger partial charge in [0.2, 0.25) is 0 Å². The maximum absolute atomic E-state index is 5.55. The first kappa shape index (κ1) is 11.0. The largest absolute Gasteiger partial charge is 0.339 e. The van der Waals surface area contributed by atoms with Crippen LogP contribution in [-0.2, 0) is 9.47 Å². The molecule has 0 saturated carbocycles. The normalized spacial score (nSPS) is 16.4. The summed E-state index contributed by atoms with van der Waals surface area (Å²) in [6.07, 6.45) is 0.654. The molecule has 1 heterocycles. The van der Waals surface area contributed by atoms with Gasteiger partial charge in [-0.3, -0.25) is 0 Å². The Balaban J connectivity index is 2.00. The fourth-order valence-corrected chi connectivity index (χ4v) is 2.61. The Morgan fingerprint density at radius 2 is 1.37 bits per heavy atom. The van der Waals surface area contributed by atoms with Crippen molar-refractivity contribution in [3.8, 4) is 0 Å². The smallest absolute Gasteiger partial charge is 0.256 e. The maximum atomic E-state index is 5.55. The lowest BCUT2D eigenvalue weighted by Crippen LogP contribution is -1.99. The molecule has 0 aliphatic carbocycles. The standard InChI is InChI=1S/C17H13O2/c1-2-5-13-11-16-14(10-12(13)4-1)6-3-7-15(16)17-18-8-9-19-17/h1-7,10-11H,8-9H2. The Morgan fingerprint density at radius 1 is 0.684 bits per heavy atom. The predicted octanol–water partition coefficient (Wildman–Crippen LogP) is 3.88. The fourth-order valence-electron chi connectivity index (χ4n) is 2.61. The fraction of sp³-hybridized carbons (Fsp3) is 0.118. The molecule has 3 aromatic rings. The van der Waals surface area contributed by atoms with Gasteiger partial charge in [0.05, 0.1) is 13.2 Å². The van der Waals surface area contributed by atoms with Crippen LogP contribution in [0.25, 0.3) is 21.5 Å². The van der Waals surface area contributed by atoms with Crippen molar-refractivity contribution in [1.29, 1.82) is 0 Å². The van der Waals surface area contributed by atoms with Crippen LogP contribution in [0.1, 0.15) is 5.56 Å². The van der Waals surface area contributed by atoms with Crippen LogP contribution in [0.5, 0.6) is 0 Å². The van der Waals surface area contributed by atoms with E-state index in [4.69, 9.17) is 9.47 Å². The van der Waals surface area contributed by atoms with Crippen LogP contribution in [0.15, 0.2) is 54.6 Å². The van der Waals surface area contributed by atoms with E-state index in [0.717, 1.165) is 5.56 Å². The minimum Gasteiger partial charge on any atom is -0.339 e.